The van der Waals surface area contributed by atoms with E-state index in [0.29, 0.717) is 16.9 Å². The Morgan fingerprint density at radius 1 is 0.710 bits per heavy atom. The molecule has 31 heavy (non-hydrogen) atoms. The van der Waals surface area contributed by atoms with E-state index in [1.54, 1.807) is 24.3 Å². The quantitative estimate of drug-likeness (QED) is 0.402. The summed E-state index contributed by atoms with van der Waals surface area (Å²) in [6.45, 7) is 5.85. The van der Waals surface area contributed by atoms with Crippen LogP contribution in [0.3, 0.4) is 0 Å². The molecule has 0 aliphatic heterocycles. The van der Waals surface area contributed by atoms with Gasteiger partial charge in [0.2, 0.25) is 0 Å². The van der Waals surface area contributed by atoms with Crippen LogP contribution in [-0.2, 0) is 0 Å². The average Bonchev–Trinajstić information content (AvgIpc) is 2.75. The maximum Gasteiger partial charge on any atom is 0.319 e. The van der Waals surface area contributed by atoms with Gasteiger partial charge in [-0.2, -0.15) is 0 Å². The van der Waals surface area contributed by atoms with Crippen molar-refractivity contribution in [1.82, 2.24) is 5.32 Å². The highest BCUT2D eigenvalue weighted by molar-refractivity contribution is 6.10. The first kappa shape index (κ1) is 21.9. The van der Waals surface area contributed by atoms with E-state index in [4.69, 9.17) is 0 Å². The summed E-state index contributed by atoms with van der Waals surface area (Å²) >= 11 is 0. The van der Waals surface area contributed by atoms with Crippen LogP contribution in [0.25, 0.3) is 0 Å². The Bertz CT molecular complexity index is 1020. The maximum absolute atomic E-state index is 12.8. The minimum absolute atomic E-state index is 0.00211. The Hall–Kier alpha value is -3.80. The molecule has 0 radical (unpaired) electrons. The molecule has 1 unspecified atom stereocenters. The minimum atomic E-state index is -0.349. The highest BCUT2D eigenvalue weighted by atomic mass is 16.2. The highest BCUT2D eigenvalue weighted by Crippen LogP contribution is 2.22. The van der Waals surface area contributed by atoms with Crippen LogP contribution in [0, 0.1) is 0 Å². The standard InChI is InChI=1S/C25H28N4O2/c1-17(2)26-25(31)29-23-12-8-7-11-22(23)24(30)28-21-15-13-20(14-16-21)27-18(3)19-9-5-4-6-10-19/h4-18,27H,1-3H3,(H,28,30)(H2,26,29,31). The lowest BCUT2D eigenvalue weighted by atomic mass is 10.1. The largest absolute Gasteiger partial charge is 0.379 e. The molecule has 0 aromatic heterocycles. The fraction of sp³-hybridized carbons (Fsp3) is 0.200. The summed E-state index contributed by atoms with van der Waals surface area (Å²) in [7, 11) is 0. The van der Waals surface area contributed by atoms with E-state index in [1.165, 1.54) is 5.56 Å². The number of carbonyl (C=O) groups excluding carboxylic acids is 2. The molecule has 1 atom stereocenters. The van der Waals surface area contributed by atoms with Crippen molar-refractivity contribution in [3.05, 3.63) is 90.0 Å². The van der Waals surface area contributed by atoms with Gasteiger partial charge in [-0.3, -0.25) is 4.79 Å². The molecule has 0 aliphatic rings. The van der Waals surface area contributed by atoms with E-state index in [1.807, 2.05) is 56.3 Å². The lowest BCUT2D eigenvalue weighted by Crippen LogP contribution is -2.34. The molecule has 160 valence electrons. The third kappa shape index (κ3) is 6.34. The van der Waals surface area contributed by atoms with Gasteiger partial charge in [0.05, 0.1) is 11.3 Å². The molecule has 0 aliphatic carbocycles. The van der Waals surface area contributed by atoms with Gasteiger partial charge in [0.15, 0.2) is 0 Å². The number of anilines is 3. The molecular formula is C25H28N4O2. The Morgan fingerprint density at radius 3 is 2.00 bits per heavy atom. The second kappa shape index (κ2) is 10.3. The molecule has 3 rings (SSSR count). The van der Waals surface area contributed by atoms with E-state index >= 15 is 0 Å². The van der Waals surface area contributed by atoms with Gasteiger partial charge in [-0.1, -0.05) is 42.5 Å². The van der Waals surface area contributed by atoms with Crippen molar-refractivity contribution < 1.29 is 9.59 Å². The van der Waals surface area contributed by atoms with E-state index in [-0.39, 0.29) is 24.0 Å². The molecule has 6 nitrogen and oxygen atoms in total. The number of nitrogens with one attached hydrogen (secondary N) is 4. The zero-order chi connectivity index (χ0) is 22.2. The van der Waals surface area contributed by atoms with E-state index in [2.05, 4.69) is 40.3 Å². The summed E-state index contributed by atoms with van der Waals surface area (Å²) in [5, 5.41) is 11.8. The average molecular weight is 417 g/mol. The van der Waals surface area contributed by atoms with Crippen LogP contribution in [0.2, 0.25) is 0 Å². The lowest BCUT2D eigenvalue weighted by molar-refractivity contribution is 0.102. The molecule has 3 aromatic carbocycles. The molecule has 0 bridgehead atoms. The van der Waals surface area contributed by atoms with E-state index in [9.17, 15) is 9.59 Å². The monoisotopic (exact) mass is 416 g/mol. The Labute approximate surface area is 183 Å². The summed E-state index contributed by atoms with van der Waals surface area (Å²) in [5.41, 5.74) is 3.67. The van der Waals surface area contributed by atoms with Crippen molar-refractivity contribution in [1.29, 1.82) is 0 Å². The van der Waals surface area contributed by atoms with Gasteiger partial charge < -0.3 is 21.3 Å². The number of carbonyl (C=O) groups is 2. The van der Waals surface area contributed by atoms with Gasteiger partial charge in [0, 0.05) is 23.5 Å². The number of hydrogen-bond donors (Lipinski definition) is 4. The third-order valence-electron chi connectivity index (χ3n) is 4.67. The second-order valence-corrected chi connectivity index (χ2v) is 7.61. The fourth-order valence-corrected chi connectivity index (χ4v) is 3.13. The van der Waals surface area contributed by atoms with Crippen LogP contribution in [0.15, 0.2) is 78.9 Å². The van der Waals surface area contributed by atoms with Gasteiger partial charge in [0.25, 0.3) is 5.91 Å². The van der Waals surface area contributed by atoms with Crippen LogP contribution >= 0.6 is 0 Å². The number of amides is 3. The van der Waals surface area contributed by atoms with Gasteiger partial charge in [0.1, 0.15) is 0 Å². The fourth-order valence-electron chi connectivity index (χ4n) is 3.13. The number of para-hydroxylation sites is 1. The maximum atomic E-state index is 12.8. The van der Waals surface area contributed by atoms with Crippen molar-refractivity contribution >= 4 is 29.0 Å². The molecule has 3 amide bonds. The number of urea groups is 1. The Morgan fingerprint density at radius 2 is 1.32 bits per heavy atom. The van der Waals surface area contributed by atoms with E-state index in [0.717, 1.165) is 5.69 Å². The first-order chi connectivity index (χ1) is 14.9. The first-order valence-corrected chi connectivity index (χ1v) is 10.3. The Kier molecular flexibility index (Phi) is 7.27. The SMILES string of the molecule is CC(C)NC(=O)Nc1ccccc1C(=O)Nc1ccc(NC(C)c2ccccc2)cc1. The normalized spacial score (nSPS) is 11.5. The highest BCUT2D eigenvalue weighted by Gasteiger charge is 2.14. The molecule has 0 heterocycles. The zero-order valence-electron chi connectivity index (χ0n) is 18.0. The molecule has 0 saturated carbocycles. The van der Waals surface area contributed by atoms with Crippen molar-refractivity contribution in [3.8, 4) is 0 Å². The minimum Gasteiger partial charge on any atom is -0.379 e. The van der Waals surface area contributed by atoms with Crippen LogP contribution in [-0.4, -0.2) is 18.0 Å². The summed E-state index contributed by atoms with van der Waals surface area (Å²) in [4.78, 5) is 24.8. The van der Waals surface area contributed by atoms with Gasteiger partial charge in [-0.25, -0.2) is 4.79 Å². The second-order valence-electron chi connectivity index (χ2n) is 7.61. The molecular weight excluding hydrogens is 388 g/mol. The summed E-state index contributed by atoms with van der Waals surface area (Å²) in [6, 6.07) is 24.5. The van der Waals surface area contributed by atoms with Crippen LogP contribution in [0.4, 0.5) is 21.9 Å². The number of rotatable bonds is 7. The Balaban J connectivity index is 1.64. The van der Waals surface area contributed by atoms with E-state index < -0.39 is 0 Å². The van der Waals surface area contributed by atoms with Crippen molar-refractivity contribution in [2.75, 3.05) is 16.0 Å². The molecule has 3 aromatic rings. The van der Waals surface area contributed by atoms with Crippen LogP contribution < -0.4 is 21.3 Å². The molecule has 0 saturated heterocycles. The topological polar surface area (TPSA) is 82.3 Å². The van der Waals surface area contributed by atoms with Crippen molar-refractivity contribution in [2.24, 2.45) is 0 Å². The van der Waals surface area contributed by atoms with Gasteiger partial charge in [-0.15, -0.1) is 0 Å². The molecule has 4 N–H and O–H groups in total. The van der Waals surface area contributed by atoms with Crippen LogP contribution in [0.5, 0.6) is 0 Å². The lowest BCUT2D eigenvalue weighted by Gasteiger charge is -2.16. The van der Waals surface area contributed by atoms with Crippen molar-refractivity contribution in [3.63, 3.8) is 0 Å². The van der Waals surface area contributed by atoms with Gasteiger partial charge in [-0.05, 0) is 62.7 Å². The van der Waals surface area contributed by atoms with Gasteiger partial charge >= 0.3 is 6.03 Å². The summed E-state index contributed by atoms with van der Waals surface area (Å²) in [5.74, 6) is -0.293. The summed E-state index contributed by atoms with van der Waals surface area (Å²) in [6.07, 6.45) is 0. The predicted molar refractivity (Wildman–Crippen MR) is 127 cm³/mol. The molecule has 0 spiro atoms. The number of hydrogen-bond acceptors (Lipinski definition) is 3. The molecule has 0 fully saturated rings. The summed E-state index contributed by atoms with van der Waals surface area (Å²) < 4.78 is 0. The van der Waals surface area contributed by atoms with Crippen LogP contribution in [0.1, 0.15) is 42.7 Å². The zero-order valence-corrected chi connectivity index (χ0v) is 18.0. The molecule has 6 heteroatoms. The smallest absolute Gasteiger partial charge is 0.319 e. The first-order valence-electron chi connectivity index (χ1n) is 10.3. The number of benzene rings is 3. The van der Waals surface area contributed by atoms with Crippen molar-refractivity contribution in [2.45, 2.75) is 32.9 Å². The third-order valence-corrected chi connectivity index (χ3v) is 4.67. The predicted octanol–water partition coefficient (Wildman–Crippen LogP) is 5.64.